The van der Waals surface area contributed by atoms with Crippen molar-refractivity contribution in [2.45, 2.75) is 25.7 Å². The monoisotopic (exact) mass is 494 g/mol. The number of Topliss-reactive ketones (excluding diaryl/α,β-unsaturated/α-hetero) is 1. The highest BCUT2D eigenvalue weighted by atomic mass is 79.9. The van der Waals surface area contributed by atoms with Crippen LogP contribution >= 0.6 is 31.9 Å². The third-order valence-corrected chi connectivity index (χ3v) is 6.97. The first-order valence-electron chi connectivity index (χ1n) is 9.37. The highest BCUT2D eigenvalue weighted by Gasteiger charge is 2.25. The van der Waals surface area contributed by atoms with Crippen LogP contribution < -0.4 is 0 Å². The van der Waals surface area contributed by atoms with Crippen molar-refractivity contribution in [2.75, 3.05) is 0 Å². The minimum absolute atomic E-state index is 0.185. The topological polar surface area (TPSA) is 17.1 Å². The molecule has 0 N–H and O–H groups in total. The van der Waals surface area contributed by atoms with Crippen molar-refractivity contribution in [3.05, 3.63) is 92.9 Å². The Morgan fingerprint density at radius 1 is 0.607 bits per heavy atom. The zero-order valence-corrected chi connectivity index (χ0v) is 18.9. The SMILES string of the molecule is CC(C(=O)C(C)c1cccc2c(Br)cccc12)c1cccc2c(Br)cccc12. The highest BCUT2D eigenvalue weighted by Crippen LogP contribution is 2.36. The zero-order valence-electron chi connectivity index (χ0n) is 15.7. The van der Waals surface area contributed by atoms with E-state index in [9.17, 15) is 4.79 Å². The van der Waals surface area contributed by atoms with Crippen LogP contribution in [0.25, 0.3) is 21.5 Å². The van der Waals surface area contributed by atoms with Gasteiger partial charge in [-0.05, 0) is 44.8 Å². The van der Waals surface area contributed by atoms with Crippen LogP contribution in [-0.2, 0) is 4.79 Å². The molecule has 0 aromatic heterocycles. The molecule has 0 saturated carbocycles. The zero-order chi connectivity index (χ0) is 19.8. The summed E-state index contributed by atoms with van der Waals surface area (Å²) in [4.78, 5) is 13.5. The molecule has 1 nitrogen and oxygen atoms in total. The lowest BCUT2D eigenvalue weighted by Crippen LogP contribution is -2.17. The van der Waals surface area contributed by atoms with Gasteiger partial charge in [-0.3, -0.25) is 4.79 Å². The van der Waals surface area contributed by atoms with Crippen molar-refractivity contribution >= 4 is 59.2 Å². The van der Waals surface area contributed by atoms with Crippen molar-refractivity contribution in [1.29, 1.82) is 0 Å². The maximum absolute atomic E-state index is 13.5. The third-order valence-electron chi connectivity index (χ3n) is 5.59. The van der Waals surface area contributed by atoms with E-state index in [0.29, 0.717) is 0 Å². The number of carbonyl (C=O) groups is 1. The average Bonchev–Trinajstić information content (AvgIpc) is 2.72. The molecule has 140 valence electrons. The molecular weight excluding hydrogens is 476 g/mol. The fourth-order valence-electron chi connectivity index (χ4n) is 4.03. The number of rotatable bonds is 4. The van der Waals surface area contributed by atoms with E-state index in [1.165, 1.54) is 0 Å². The third kappa shape index (κ3) is 3.31. The predicted octanol–water partition coefficient (Wildman–Crippen LogP) is 7.99. The summed E-state index contributed by atoms with van der Waals surface area (Å²) in [6, 6.07) is 24.7. The van der Waals surface area contributed by atoms with Crippen molar-refractivity contribution in [3.8, 4) is 0 Å². The largest absolute Gasteiger partial charge is 0.298 e. The van der Waals surface area contributed by atoms with Gasteiger partial charge in [-0.15, -0.1) is 0 Å². The molecule has 0 amide bonds. The first-order valence-corrected chi connectivity index (χ1v) is 11.0. The Morgan fingerprint density at radius 3 is 1.39 bits per heavy atom. The van der Waals surface area contributed by atoms with E-state index in [2.05, 4.69) is 68.3 Å². The van der Waals surface area contributed by atoms with E-state index in [-0.39, 0.29) is 17.6 Å². The Labute approximate surface area is 182 Å². The molecule has 0 heterocycles. The number of benzene rings is 4. The van der Waals surface area contributed by atoms with Crippen LogP contribution in [0.1, 0.15) is 36.8 Å². The van der Waals surface area contributed by atoms with Gasteiger partial charge < -0.3 is 0 Å². The van der Waals surface area contributed by atoms with Crippen LogP contribution in [0.5, 0.6) is 0 Å². The average molecular weight is 496 g/mol. The van der Waals surface area contributed by atoms with Crippen LogP contribution in [0, 0.1) is 0 Å². The Bertz CT molecular complexity index is 1100. The molecule has 4 aromatic carbocycles. The Morgan fingerprint density at radius 2 is 0.964 bits per heavy atom. The molecule has 0 saturated heterocycles. The Kier molecular flexibility index (Phi) is 5.39. The van der Waals surface area contributed by atoms with Crippen molar-refractivity contribution in [2.24, 2.45) is 0 Å². The number of ketones is 1. The van der Waals surface area contributed by atoms with Crippen LogP contribution in [0.15, 0.2) is 81.7 Å². The van der Waals surface area contributed by atoms with E-state index >= 15 is 0 Å². The second-order valence-electron chi connectivity index (χ2n) is 7.21. The van der Waals surface area contributed by atoms with E-state index in [1.54, 1.807) is 0 Å². The molecule has 0 aliphatic rings. The van der Waals surface area contributed by atoms with Gasteiger partial charge in [0.25, 0.3) is 0 Å². The minimum Gasteiger partial charge on any atom is -0.298 e. The molecule has 3 heteroatoms. The molecule has 0 spiro atoms. The molecule has 0 aliphatic carbocycles. The highest BCUT2D eigenvalue weighted by molar-refractivity contribution is 9.11. The summed E-state index contributed by atoms with van der Waals surface area (Å²) in [5, 5.41) is 4.54. The standard InChI is InChI=1S/C25H20Br2O/c1-15(17-7-3-11-21-19(17)9-5-13-23(21)26)25(28)16(2)18-8-4-12-22-20(18)10-6-14-24(22)27/h3-16H,1-2H3. The maximum Gasteiger partial charge on any atom is 0.147 e. The lowest BCUT2D eigenvalue weighted by atomic mass is 9.82. The Hall–Kier alpha value is -1.97. The molecule has 0 radical (unpaired) electrons. The molecule has 0 aliphatic heterocycles. The van der Waals surface area contributed by atoms with Crippen LogP contribution in [0.4, 0.5) is 0 Å². The summed E-state index contributed by atoms with van der Waals surface area (Å²) < 4.78 is 2.11. The smallest absolute Gasteiger partial charge is 0.147 e. The lowest BCUT2D eigenvalue weighted by molar-refractivity contribution is -0.121. The van der Waals surface area contributed by atoms with E-state index < -0.39 is 0 Å². The molecule has 4 aromatic rings. The van der Waals surface area contributed by atoms with Crippen molar-refractivity contribution < 1.29 is 4.79 Å². The van der Waals surface area contributed by atoms with Gasteiger partial charge in [0.2, 0.25) is 0 Å². The number of hydrogen-bond donors (Lipinski definition) is 0. The molecule has 0 bridgehead atoms. The summed E-state index contributed by atoms with van der Waals surface area (Å²) in [7, 11) is 0. The maximum atomic E-state index is 13.5. The van der Waals surface area contributed by atoms with Gasteiger partial charge in [-0.1, -0.05) is 106 Å². The number of hydrogen-bond acceptors (Lipinski definition) is 1. The normalized spacial score (nSPS) is 13.6. The number of carbonyl (C=O) groups excluding carboxylic acids is 1. The Balaban J connectivity index is 1.77. The van der Waals surface area contributed by atoms with Crippen molar-refractivity contribution in [1.82, 2.24) is 0 Å². The molecule has 28 heavy (non-hydrogen) atoms. The molecule has 2 atom stereocenters. The lowest BCUT2D eigenvalue weighted by Gasteiger charge is -2.20. The summed E-state index contributed by atoms with van der Waals surface area (Å²) >= 11 is 7.25. The molecule has 2 unspecified atom stereocenters. The first-order chi connectivity index (χ1) is 13.5. The first kappa shape index (κ1) is 19.4. The summed E-state index contributed by atoms with van der Waals surface area (Å²) in [6.45, 7) is 4.05. The molecule has 4 rings (SSSR count). The number of fused-ring (bicyclic) bond motifs is 2. The van der Waals surface area contributed by atoms with Gasteiger partial charge in [0, 0.05) is 20.8 Å². The van der Waals surface area contributed by atoms with Gasteiger partial charge >= 0.3 is 0 Å². The van der Waals surface area contributed by atoms with E-state index in [4.69, 9.17) is 0 Å². The molecular formula is C25H20Br2O. The van der Waals surface area contributed by atoms with E-state index in [1.807, 2.05) is 50.2 Å². The van der Waals surface area contributed by atoms with Crippen molar-refractivity contribution in [3.63, 3.8) is 0 Å². The predicted molar refractivity (Wildman–Crippen MR) is 125 cm³/mol. The quantitative estimate of drug-likeness (QED) is 0.280. The van der Waals surface area contributed by atoms with Gasteiger partial charge in [-0.25, -0.2) is 0 Å². The van der Waals surface area contributed by atoms with Gasteiger partial charge in [0.05, 0.1) is 0 Å². The fourth-order valence-corrected chi connectivity index (χ4v) is 5.03. The minimum atomic E-state index is -0.185. The second-order valence-corrected chi connectivity index (χ2v) is 8.92. The summed E-state index contributed by atoms with van der Waals surface area (Å²) in [6.07, 6.45) is 0. The fraction of sp³-hybridized carbons (Fsp3) is 0.160. The summed E-state index contributed by atoms with van der Waals surface area (Å²) in [5.74, 6) is -0.134. The van der Waals surface area contributed by atoms with Crippen LogP contribution in [0.2, 0.25) is 0 Å². The summed E-state index contributed by atoms with van der Waals surface area (Å²) in [5.41, 5.74) is 2.16. The van der Waals surface area contributed by atoms with Gasteiger partial charge in [0.1, 0.15) is 5.78 Å². The van der Waals surface area contributed by atoms with E-state index in [0.717, 1.165) is 41.6 Å². The van der Waals surface area contributed by atoms with Crippen LogP contribution in [-0.4, -0.2) is 5.78 Å². The second kappa shape index (κ2) is 7.81. The number of halogens is 2. The van der Waals surface area contributed by atoms with Gasteiger partial charge in [0.15, 0.2) is 0 Å². The van der Waals surface area contributed by atoms with Gasteiger partial charge in [-0.2, -0.15) is 0 Å². The molecule has 0 fully saturated rings. The van der Waals surface area contributed by atoms with Crippen LogP contribution in [0.3, 0.4) is 0 Å².